The molecule has 0 saturated carbocycles. The summed E-state index contributed by atoms with van der Waals surface area (Å²) in [6.45, 7) is 1.09. The first-order valence-electron chi connectivity index (χ1n) is 6.83. The molecule has 0 aliphatic rings. The predicted octanol–water partition coefficient (Wildman–Crippen LogP) is 2.00. The second kappa shape index (κ2) is 8.11. The lowest BCUT2D eigenvalue weighted by molar-refractivity contribution is -0.137. The molecule has 0 aliphatic carbocycles. The van der Waals surface area contributed by atoms with Crippen LogP contribution >= 0.6 is 12.4 Å². The first-order chi connectivity index (χ1) is 10.8. The molecule has 0 fully saturated rings. The van der Waals surface area contributed by atoms with Crippen LogP contribution in [0.3, 0.4) is 0 Å². The molecule has 2 rings (SSSR count). The SMILES string of the molecule is CNCCN(C)C(=O)c1cn(-c2cccc(C(F)(F)F)c2)nn1.Cl. The number of likely N-dealkylation sites (N-methyl/N-ethyl adjacent to an activating group) is 2. The van der Waals surface area contributed by atoms with Crippen molar-refractivity contribution in [2.45, 2.75) is 6.18 Å². The maximum Gasteiger partial charge on any atom is 0.416 e. The number of aromatic nitrogens is 3. The molecule has 1 N–H and O–H groups in total. The molecule has 1 amide bonds. The van der Waals surface area contributed by atoms with Crippen LogP contribution in [0, 0.1) is 0 Å². The Morgan fingerprint density at radius 1 is 1.38 bits per heavy atom. The zero-order valence-electron chi connectivity index (χ0n) is 13.0. The van der Waals surface area contributed by atoms with Gasteiger partial charge in [0.1, 0.15) is 0 Å². The standard InChI is InChI=1S/C14H16F3N5O.ClH/c1-18-6-7-21(2)13(23)12-9-22(20-19-12)11-5-3-4-10(8-11)14(15,16)17;/h3-5,8-9,18H,6-7H2,1-2H3;1H. The van der Waals surface area contributed by atoms with Gasteiger partial charge in [0, 0.05) is 20.1 Å². The molecule has 0 spiro atoms. The van der Waals surface area contributed by atoms with Gasteiger partial charge < -0.3 is 10.2 Å². The van der Waals surface area contributed by atoms with Crippen molar-refractivity contribution in [2.24, 2.45) is 0 Å². The van der Waals surface area contributed by atoms with Crippen molar-refractivity contribution in [2.75, 3.05) is 27.2 Å². The highest BCUT2D eigenvalue weighted by Crippen LogP contribution is 2.30. The second-order valence-electron chi connectivity index (χ2n) is 4.93. The van der Waals surface area contributed by atoms with Crippen LogP contribution in [0.15, 0.2) is 30.5 Å². The number of carbonyl (C=O) groups is 1. The van der Waals surface area contributed by atoms with Crippen LogP contribution in [0.4, 0.5) is 13.2 Å². The van der Waals surface area contributed by atoms with Crippen LogP contribution in [-0.4, -0.2) is 53.0 Å². The average Bonchev–Trinajstić information content (AvgIpc) is 3.01. The van der Waals surface area contributed by atoms with E-state index in [1.807, 2.05) is 0 Å². The van der Waals surface area contributed by atoms with E-state index in [-0.39, 0.29) is 29.7 Å². The molecular formula is C14H17ClF3N5O. The minimum atomic E-state index is -4.44. The summed E-state index contributed by atoms with van der Waals surface area (Å²) < 4.78 is 39.3. The number of hydrogen-bond donors (Lipinski definition) is 1. The molecular weight excluding hydrogens is 347 g/mol. The Morgan fingerprint density at radius 2 is 2.08 bits per heavy atom. The van der Waals surface area contributed by atoms with Gasteiger partial charge in [0.15, 0.2) is 5.69 Å². The Balaban J connectivity index is 0.00000288. The topological polar surface area (TPSA) is 63.1 Å². The lowest BCUT2D eigenvalue weighted by atomic mass is 10.2. The van der Waals surface area contributed by atoms with E-state index in [0.29, 0.717) is 13.1 Å². The Hall–Kier alpha value is -2.13. The second-order valence-corrected chi connectivity index (χ2v) is 4.93. The van der Waals surface area contributed by atoms with Gasteiger partial charge in [0.05, 0.1) is 17.4 Å². The molecule has 0 atom stereocenters. The Kier molecular flexibility index (Phi) is 6.73. The van der Waals surface area contributed by atoms with Crippen LogP contribution in [0.25, 0.3) is 5.69 Å². The number of rotatable bonds is 5. The van der Waals surface area contributed by atoms with Crippen molar-refractivity contribution in [1.29, 1.82) is 0 Å². The van der Waals surface area contributed by atoms with Crippen molar-refractivity contribution >= 4 is 18.3 Å². The number of alkyl halides is 3. The zero-order valence-corrected chi connectivity index (χ0v) is 13.9. The Bertz CT molecular complexity index is 689. The minimum absolute atomic E-state index is 0. The third-order valence-electron chi connectivity index (χ3n) is 3.19. The van der Waals surface area contributed by atoms with E-state index < -0.39 is 11.7 Å². The molecule has 10 heteroatoms. The van der Waals surface area contributed by atoms with Gasteiger partial charge in [-0.25, -0.2) is 4.68 Å². The summed E-state index contributed by atoms with van der Waals surface area (Å²) in [6, 6.07) is 4.66. The maximum atomic E-state index is 12.7. The lowest BCUT2D eigenvalue weighted by Crippen LogP contribution is -2.33. The summed E-state index contributed by atoms with van der Waals surface area (Å²) in [6.07, 6.45) is -3.13. The van der Waals surface area contributed by atoms with Crippen LogP contribution in [-0.2, 0) is 6.18 Å². The van der Waals surface area contributed by atoms with E-state index in [4.69, 9.17) is 0 Å². The number of benzene rings is 1. The molecule has 0 aliphatic heterocycles. The van der Waals surface area contributed by atoms with E-state index in [0.717, 1.165) is 16.8 Å². The number of amides is 1. The molecule has 132 valence electrons. The molecule has 0 saturated heterocycles. The summed E-state index contributed by atoms with van der Waals surface area (Å²) in [4.78, 5) is 13.6. The van der Waals surface area contributed by atoms with E-state index in [2.05, 4.69) is 15.6 Å². The Morgan fingerprint density at radius 3 is 2.71 bits per heavy atom. The van der Waals surface area contributed by atoms with Gasteiger partial charge in [0.25, 0.3) is 5.91 Å². The van der Waals surface area contributed by atoms with Crippen molar-refractivity contribution in [3.63, 3.8) is 0 Å². The number of halogens is 4. The van der Waals surface area contributed by atoms with E-state index in [1.54, 1.807) is 14.1 Å². The van der Waals surface area contributed by atoms with Gasteiger partial charge in [0.2, 0.25) is 0 Å². The van der Waals surface area contributed by atoms with Gasteiger partial charge in [-0.2, -0.15) is 13.2 Å². The summed E-state index contributed by atoms with van der Waals surface area (Å²) in [5, 5.41) is 10.4. The van der Waals surface area contributed by atoms with Gasteiger partial charge >= 0.3 is 6.18 Å². The average molecular weight is 364 g/mol. The Labute approximate surface area is 143 Å². The van der Waals surface area contributed by atoms with Crippen LogP contribution in [0.1, 0.15) is 16.1 Å². The van der Waals surface area contributed by atoms with E-state index in [1.165, 1.54) is 23.2 Å². The zero-order chi connectivity index (χ0) is 17.0. The van der Waals surface area contributed by atoms with Gasteiger partial charge in [-0.15, -0.1) is 17.5 Å². The maximum absolute atomic E-state index is 12.7. The van der Waals surface area contributed by atoms with Crippen LogP contribution in [0.5, 0.6) is 0 Å². The number of nitrogens with zero attached hydrogens (tertiary/aromatic N) is 4. The molecule has 0 radical (unpaired) electrons. The highest BCUT2D eigenvalue weighted by Gasteiger charge is 2.30. The van der Waals surface area contributed by atoms with Gasteiger partial charge in [-0.05, 0) is 25.2 Å². The molecule has 1 heterocycles. The third kappa shape index (κ3) is 4.68. The predicted molar refractivity (Wildman–Crippen MR) is 84.5 cm³/mol. The third-order valence-corrected chi connectivity index (χ3v) is 3.19. The molecule has 2 aromatic rings. The van der Waals surface area contributed by atoms with Crippen molar-refractivity contribution in [3.05, 3.63) is 41.7 Å². The molecule has 1 aromatic heterocycles. The molecule has 24 heavy (non-hydrogen) atoms. The summed E-state index contributed by atoms with van der Waals surface area (Å²) in [5.41, 5.74) is -0.533. The van der Waals surface area contributed by atoms with Crippen molar-refractivity contribution in [1.82, 2.24) is 25.2 Å². The van der Waals surface area contributed by atoms with Crippen LogP contribution < -0.4 is 5.32 Å². The summed E-state index contributed by atoms with van der Waals surface area (Å²) >= 11 is 0. The molecule has 0 bridgehead atoms. The largest absolute Gasteiger partial charge is 0.416 e. The summed E-state index contributed by atoms with van der Waals surface area (Å²) in [5.74, 6) is -0.349. The number of carbonyl (C=O) groups excluding carboxylic acids is 1. The van der Waals surface area contributed by atoms with Gasteiger partial charge in [-0.3, -0.25) is 4.79 Å². The lowest BCUT2D eigenvalue weighted by Gasteiger charge is -2.14. The molecule has 0 unspecified atom stereocenters. The minimum Gasteiger partial charge on any atom is -0.339 e. The van der Waals surface area contributed by atoms with Crippen molar-refractivity contribution < 1.29 is 18.0 Å². The first kappa shape index (κ1) is 19.9. The highest BCUT2D eigenvalue weighted by atomic mass is 35.5. The van der Waals surface area contributed by atoms with Crippen molar-refractivity contribution in [3.8, 4) is 5.69 Å². The fraction of sp³-hybridized carbons (Fsp3) is 0.357. The fourth-order valence-corrected chi connectivity index (χ4v) is 1.89. The van der Waals surface area contributed by atoms with Gasteiger partial charge in [-0.1, -0.05) is 11.3 Å². The normalized spacial score (nSPS) is 11.0. The number of hydrogen-bond acceptors (Lipinski definition) is 4. The fourth-order valence-electron chi connectivity index (χ4n) is 1.89. The van der Waals surface area contributed by atoms with Crippen LogP contribution in [0.2, 0.25) is 0 Å². The monoisotopic (exact) mass is 363 g/mol. The molecule has 1 aromatic carbocycles. The number of nitrogens with one attached hydrogen (secondary N) is 1. The quantitative estimate of drug-likeness (QED) is 0.882. The summed E-state index contributed by atoms with van der Waals surface area (Å²) in [7, 11) is 3.38. The highest BCUT2D eigenvalue weighted by molar-refractivity contribution is 5.91. The molecule has 6 nitrogen and oxygen atoms in total. The van der Waals surface area contributed by atoms with E-state index >= 15 is 0 Å². The first-order valence-corrected chi connectivity index (χ1v) is 6.83. The van der Waals surface area contributed by atoms with E-state index in [9.17, 15) is 18.0 Å². The smallest absolute Gasteiger partial charge is 0.339 e.